The number of allylic oxidation sites excluding steroid dienone is 1. The topological polar surface area (TPSA) is 71.0 Å². The van der Waals surface area contributed by atoms with Gasteiger partial charge < -0.3 is 4.57 Å². The molecule has 0 aliphatic carbocycles. The molecule has 0 spiro atoms. The Morgan fingerprint density at radius 2 is 2.12 bits per heavy atom. The van der Waals surface area contributed by atoms with E-state index in [4.69, 9.17) is 12.2 Å². The SMILES string of the molecule is C=CCn1c([C@@H]2CCCN(S(=O)(=O)c3ccccc3)C2)n[nH]c1=S. The fraction of sp³-hybridized carbons (Fsp3) is 0.375. The highest BCUT2D eigenvalue weighted by Crippen LogP contribution is 2.29. The maximum Gasteiger partial charge on any atom is 0.243 e. The van der Waals surface area contributed by atoms with Crippen LogP contribution in [0.3, 0.4) is 0 Å². The molecular formula is C16H20N4O2S2. The summed E-state index contributed by atoms with van der Waals surface area (Å²) in [5.41, 5.74) is 0. The first-order chi connectivity index (χ1) is 11.5. The van der Waals surface area contributed by atoms with Crippen LogP contribution >= 0.6 is 12.2 Å². The van der Waals surface area contributed by atoms with Gasteiger partial charge in [0, 0.05) is 25.6 Å². The molecule has 1 saturated heterocycles. The third-order valence-electron chi connectivity index (χ3n) is 4.23. The first-order valence-corrected chi connectivity index (χ1v) is 9.70. The average molecular weight is 364 g/mol. The van der Waals surface area contributed by atoms with Gasteiger partial charge in [0.1, 0.15) is 5.82 Å². The summed E-state index contributed by atoms with van der Waals surface area (Å²) in [4.78, 5) is 0.329. The zero-order chi connectivity index (χ0) is 17.2. The third-order valence-corrected chi connectivity index (χ3v) is 6.42. The molecule has 1 aromatic carbocycles. The van der Waals surface area contributed by atoms with Crippen molar-refractivity contribution in [1.82, 2.24) is 19.1 Å². The van der Waals surface area contributed by atoms with Gasteiger partial charge in [0.25, 0.3) is 0 Å². The van der Waals surface area contributed by atoms with E-state index in [1.807, 2.05) is 10.6 Å². The highest BCUT2D eigenvalue weighted by Gasteiger charge is 2.32. The Kier molecular flexibility index (Phi) is 4.98. The molecule has 1 fully saturated rings. The van der Waals surface area contributed by atoms with Crippen LogP contribution in [0.5, 0.6) is 0 Å². The van der Waals surface area contributed by atoms with Crippen LogP contribution in [0.1, 0.15) is 24.6 Å². The smallest absolute Gasteiger partial charge is 0.243 e. The molecule has 6 nitrogen and oxygen atoms in total. The molecule has 0 radical (unpaired) electrons. The molecule has 2 heterocycles. The number of benzene rings is 1. The second kappa shape index (κ2) is 7.00. The van der Waals surface area contributed by atoms with E-state index < -0.39 is 10.0 Å². The minimum absolute atomic E-state index is 0.0186. The molecule has 0 saturated carbocycles. The number of H-pyrrole nitrogens is 1. The number of rotatable bonds is 5. The van der Waals surface area contributed by atoms with Gasteiger partial charge in [-0.1, -0.05) is 24.3 Å². The molecule has 24 heavy (non-hydrogen) atoms. The maximum atomic E-state index is 12.8. The third kappa shape index (κ3) is 3.22. The first kappa shape index (κ1) is 17.1. The Bertz CT molecular complexity index is 871. The number of aromatic nitrogens is 3. The fourth-order valence-electron chi connectivity index (χ4n) is 3.06. The van der Waals surface area contributed by atoms with Crippen LogP contribution < -0.4 is 0 Å². The Labute approximate surface area is 146 Å². The van der Waals surface area contributed by atoms with E-state index in [2.05, 4.69) is 16.8 Å². The van der Waals surface area contributed by atoms with Gasteiger partial charge in [0.15, 0.2) is 4.77 Å². The Balaban J connectivity index is 1.88. The van der Waals surface area contributed by atoms with Crippen molar-refractivity contribution in [1.29, 1.82) is 0 Å². The van der Waals surface area contributed by atoms with Crippen molar-refractivity contribution >= 4 is 22.2 Å². The van der Waals surface area contributed by atoms with Gasteiger partial charge >= 0.3 is 0 Å². The molecular weight excluding hydrogens is 344 g/mol. The molecule has 0 bridgehead atoms. The van der Waals surface area contributed by atoms with Gasteiger partial charge in [0.05, 0.1) is 4.90 Å². The number of hydrogen-bond donors (Lipinski definition) is 1. The molecule has 128 valence electrons. The fourth-order valence-corrected chi connectivity index (χ4v) is 4.82. The Morgan fingerprint density at radius 1 is 1.38 bits per heavy atom. The van der Waals surface area contributed by atoms with Crippen LogP contribution in [0.25, 0.3) is 0 Å². The molecule has 1 atom stereocenters. The van der Waals surface area contributed by atoms with Crippen molar-refractivity contribution < 1.29 is 8.42 Å². The lowest BCUT2D eigenvalue weighted by Crippen LogP contribution is -2.39. The lowest BCUT2D eigenvalue weighted by molar-refractivity contribution is 0.305. The van der Waals surface area contributed by atoms with E-state index in [0.29, 0.717) is 29.3 Å². The first-order valence-electron chi connectivity index (χ1n) is 7.85. The molecule has 0 amide bonds. The minimum atomic E-state index is -3.48. The summed E-state index contributed by atoms with van der Waals surface area (Å²) < 4.78 is 29.6. The van der Waals surface area contributed by atoms with Crippen molar-refractivity contribution in [2.45, 2.75) is 30.2 Å². The van der Waals surface area contributed by atoms with Gasteiger partial charge in [-0.25, -0.2) is 8.42 Å². The number of piperidine rings is 1. The van der Waals surface area contributed by atoms with E-state index >= 15 is 0 Å². The van der Waals surface area contributed by atoms with Gasteiger partial charge in [-0.15, -0.1) is 6.58 Å². The maximum absolute atomic E-state index is 12.8. The highest BCUT2D eigenvalue weighted by molar-refractivity contribution is 7.89. The summed E-state index contributed by atoms with van der Waals surface area (Å²) in [6, 6.07) is 8.55. The number of nitrogens with zero attached hydrogens (tertiary/aromatic N) is 3. The van der Waals surface area contributed by atoms with E-state index in [9.17, 15) is 8.42 Å². The number of hydrogen-bond acceptors (Lipinski definition) is 4. The van der Waals surface area contributed by atoms with Gasteiger partial charge in [-0.3, -0.25) is 5.10 Å². The van der Waals surface area contributed by atoms with Crippen molar-refractivity contribution in [3.63, 3.8) is 0 Å². The molecule has 1 N–H and O–H groups in total. The largest absolute Gasteiger partial charge is 0.300 e. The van der Waals surface area contributed by atoms with Crippen LogP contribution in [0.4, 0.5) is 0 Å². The van der Waals surface area contributed by atoms with Crippen molar-refractivity contribution in [3.05, 3.63) is 53.6 Å². The van der Waals surface area contributed by atoms with Crippen molar-refractivity contribution in [3.8, 4) is 0 Å². The molecule has 1 aliphatic heterocycles. The van der Waals surface area contributed by atoms with E-state index in [-0.39, 0.29) is 5.92 Å². The van der Waals surface area contributed by atoms with Gasteiger partial charge in [-0.05, 0) is 37.2 Å². The van der Waals surface area contributed by atoms with Crippen LogP contribution in [-0.2, 0) is 16.6 Å². The van der Waals surface area contributed by atoms with E-state index in [0.717, 1.165) is 18.7 Å². The van der Waals surface area contributed by atoms with Gasteiger partial charge in [0.2, 0.25) is 10.0 Å². The molecule has 0 unspecified atom stereocenters. The summed E-state index contributed by atoms with van der Waals surface area (Å²) in [6.45, 7) is 5.24. The lowest BCUT2D eigenvalue weighted by Gasteiger charge is -2.31. The highest BCUT2D eigenvalue weighted by atomic mass is 32.2. The van der Waals surface area contributed by atoms with Crippen LogP contribution in [0.15, 0.2) is 47.9 Å². The Morgan fingerprint density at radius 3 is 2.83 bits per heavy atom. The molecule has 1 aliphatic rings. The van der Waals surface area contributed by atoms with Gasteiger partial charge in [-0.2, -0.15) is 9.40 Å². The van der Waals surface area contributed by atoms with Crippen molar-refractivity contribution in [2.75, 3.05) is 13.1 Å². The van der Waals surface area contributed by atoms with Crippen LogP contribution in [0.2, 0.25) is 0 Å². The molecule has 3 rings (SSSR count). The second-order valence-corrected chi connectivity index (χ2v) is 8.13. The average Bonchev–Trinajstić information content (AvgIpc) is 2.97. The monoisotopic (exact) mass is 364 g/mol. The molecule has 2 aromatic rings. The van der Waals surface area contributed by atoms with E-state index in [1.54, 1.807) is 34.6 Å². The normalized spacial score (nSPS) is 19.2. The minimum Gasteiger partial charge on any atom is -0.300 e. The van der Waals surface area contributed by atoms with Crippen LogP contribution in [0, 0.1) is 4.77 Å². The Hall–Kier alpha value is -1.77. The number of aromatic amines is 1. The summed E-state index contributed by atoms with van der Waals surface area (Å²) in [6.07, 6.45) is 3.44. The zero-order valence-electron chi connectivity index (χ0n) is 13.3. The molecule has 8 heteroatoms. The zero-order valence-corrected chi connectivity index (χ0v) is 14.9. The number of nitrogens with one attached hydrogen (secondary N) is 1. The lowest BCUT2D eigenvalue weighted by atomic mass is 9.99. The predicted octanol–water partition coefficient (Wildman–Crippen LogP) is 2.69. The van der Waals surface area contributed by atoms with E-state index in [1.165, 1.54) is 0 Å². The summed E-state index contributed by atoms with van der Waals surface area (Å²) in [7, 11) is -3.48. The predicted molar refractivity (Wildman–Crippen MR) is 94.8 cm³/mol. The summed E-state index contributed by atoms with van der Waals surface area (Å²) in [5, 5.41) is 7.13. The summed E-state index contributed by atoms with van der Waals surface area (Å²) in [5.74, 6) is 0.818. The van der Waals surface area contributed by atoms with Crippen LogP contribution in [-0.4, -0.2) is 40.6 Å². The van der Waals surface area contributed by atoms with Crippen molar-refractivity contribution in [2.24, 2.45) is 0 Å². The molecule has 1 aromatic heterocycles. The summed E-state index contributed by atoms with van der Waals surface area (Å²) >= 11 is 5.25. The standard InChI is InChI=1S/C16H20N4O2S2/c1-2-10-20-15(17-18-16(20)23)13-7-6-11-19(12-13)24(21,22)14-8-4-3-5-9-14/h2-5,8-9,13H,1,6-7,10-12H2,(H,18,23)/t13-/m1/s1. The second-order valence-electron chi connectivity index (χ2n) is 5.80. The number of sulfonamides is 1. The quantitative estimate of drug-likeness (QED) is 0.654.